The van der Waals surface area contributed by atoms with Crippen LogP contribution in [0.2, 0.25) is 0 Å². The van der Waals surface area contributed by atoms with Crippen molar-refractivity contribution >= 4 is 23.1 Å². The van der Waals surface area contributed by atoms with Crippen LogP contribution in [0.15, 0.2) is 9.85 Å². The Morgan fingerprint density at radius 1 is 1.54 bits per heavy atom. The highest BCUT2D eigenvalue weighted by atomic mass is 32.2. The Labute approximate surface area is 87.3 Å². The fourth-order valence-electron chi connectivity index (χ4n) is 0.863. The molecule has 0 bridgehead atoms. The van der Waals surface area contributed by atoms with Gasteiger partial charge < -0.3 is 5.32 Å². The molecule has 0 atom stereocenters. The molecule has 1 N–H and O–H groups in total. The normalized spacial score (nSPS) is 10.5. The summed E-state index contributed by atoms with van der Waals surface area (Å²) in [6, 6.07) is 0. The monoisotopic (exact) mass is 217 g/mol. The van der Waals surface area contributed by atoms with Gasteiger partial charge in [0, 0.05) is 12.3 Å². The molecule has 0 aliphatic carbocycles. The third-order valence-electron chi connectivity index (χ3n) is 1.55. The molecule has 0 fully saturated rings. The average molecular weight is 217 g/mol. The lowest BCUT2D eigenvalue weighted by Crippen LogP contribution is -2.18. The molecule has 1 aromatic heterocycles. The van der Waals surface area contributed by atoms with Crippen LogP contribution in [-0.2, 0) is 0 Å². The van der Waals surface area contributed by atoms with Gasteiger partial charge in [0.2, 0.25) is 0 Å². The molecular formula is C8H15N3S2. The molecule has 0 aliphatic rings. The van der Waals surface area contributed by atoms with Crippen molar-refractivity contribution in [2.45, 2.75) is 24.1 Å². The summed E-state index contributed by atoms with van der Waals surface area (Å²) < 4.78 is 1.07. The van der Waals surface area contributed by atoms with Crippen LogP contribution in [0.4, 0.5) is 0 Å². The maximum absolute atomic E-state index is 3.95. The van der Waals surface area contributed by atoms with Crippen LogP contribution in [0.5, 0.6) is 0 Å². The summed E-state index contributed by atoms with van der Waals surface area (Å²) in [5.41, 5.74) is 1.77. The fraction of sp³-hybridized carbons (Fsp3) is 0.750. The number of nitrogens with one attached hydrogen (secondary N) is 1. The largest absolute Gasteiger partial charge is 0.316 e. The molecule has 5 heteroatoms. The van der Waals surface area contributed by atoms with Gasteiger partial charge >= 0.3 is 0 Å². The summed E-state index contributed by atoms with van der Waals surface area (Å²) >= 11 is 3.37. The molecule has 0 radical (unpaired) electrons. The first-order chi connectivity index (χ1) is 6.43. The molecular weight excluding hydrogens is 202 g/mol. The van der Waals surface area contributed by atoms with E-state index < -0.39 is 0 Å². The molecule has 0 unspecified atom stereocenters. The quantitative estimate of drug-likeness (QED) is 0.560. The van der Waals surface area contributed by atoms with Crippen molar-refractivity contribution in [2.24, 2.45) is 0 Å². The third kappa shape index (κ3) is 5.23. The van der Waals surface area contributed by atoms with E-state index in [0.29, 0.717) is 0 Å². The average Bonchev–Trinajstić information content (AvgIpc) is 2.63. The van der Waals surface area contributed by atoms with E-state index in [-0.39, 0.29) is 0 Å². The van der Waals surface area contributed by atoms with Crippen LogP contribution in [0.1, 0.15) is 19.8 Å². The minimum absolute atomic E-state index is 1.06. The van der Waals surface area contributed by atoms with Crippen LogP contribution < -0.4 is 5.32 Å². The second-order valence-electron chi connectivity index (χ2n) is 2.66. The van der Waals surface area contributed by atoms with E-state index in [1.807, 2.05) is 0 Å². The smallest absolute Gasteiger partial charge is 0.174 e. The van der Waals surface area contributed by atoms with Crippen LogP contribution in [-0.4, -0.2) is 29.0 Å². The standard InChI is InChI=1S/C8H15N3S2/c1-2-3-4-9-5-6-12-8-11-10-7-13-8/h7,9H,2-6H2,1H3. The zero-order chi connectivity index (χ0) is 9.36. The molecule has 74 valence electrons. The van der Waals surface area contributed by atoms with E-state index in [1.165, 1.54) is 12.8 Å². The summed E-state index contributed by atoms with van der Waals surface area (Å²) in [4.78, 5) is 0. The number of unbranched alkanes of at least 4 members (excludes halogenated alkanes) is 1. The molecule has 0 saturated carbocycles. The number of thioether (sulfide) groups is 1. The Balaban J connectivity index is 1.90. The lowest BCUT2D eigenvalue weighted by atomic mass is 10.3. The highest BCUT2D eigenvalue weighted by Gasteiger charge is 1.95. The van der Waals surface area contributed by atoms with E-state index in [1.54, 1.807) is 28.6 Å². The van der Waals surface area contributed by atoms with Crippen molar-refractivity contribution in [3.05, 3.63) is 5.51 Å². The number of aromatic nitrogens is 2. The second-order valence-corrected chi connectivity index (χ2v) is 4.83. The minimum atomic E-state index is 1.06. The van der Waals surface area contributed by atoms with Gasteiger partial charge in [0.25, 0.3) is 0 Å². The Morgan fingerprint density at radius 2 is 2.46 bits per heavy atom. The van der Waals surface area contributed by atoms with E-state index in [9.17, 15) is 0 Å². The highest BCUT2D eigenvalue weighted by molar-refractivity contribution is 8.01. The highest BCUT2D eigenvalue weighted by Crippen LogP contribution is 2.17. The van der Waals surface area contributed by atoms with Crippen molar-refractivity contribution in [3.8, 4) is 0 Å². The van der Waals surface area contributed by atoms with Gasteiger partial charge in [-0.15, -0.1) is 10.2 Å². The first kappa shape index (κ1) is 10.9. The SMILES string of the molecule is CCCCNCCSc1nncs1. The number of rotatable bonds is 7. The van der Waals surface area contributed by atoms with Crippen molar-refractivity contribution in [1.82, 2.24) is 15.5 Å². The lowest BCUT2D eigenvalue weighted by Gasteiger charge is -2.00. The summed E-state index contributed by atoms with van der Waals surface area (Å²) in [6.45, 7) is 4.40. The van der Waals surface area contributed by atoms with Gasteiger partial charge in [-0.3, -0.25) is 0 Å². The van der Waals surface area contributed by atoms with E-state index in [0.717, 1.165) is 23.2 Å². The first-order valence-corrected chi connectivity index (χ1v) is 6.39. The first-order valence-electron chi connectivity index (χ1n) is 4.53. The number of hydrogen-bond donors (Lipinski definition) is 1. The number of nitrogens with zero attached hydrogens (tertiary/aromatic N) is 2. The van der Waals surface area contributed by atoms with Crippen molar-refractivity contribution in [3.63, 3.8) is 0 Å². The molecule has 13 heavy (non-hydrogen) atoms. The Kier molecular flexibility index (Phi) is 6.14. The van der Waals surface area contributed by atoms with Crippen molar-refractivity contribution < 1.29 is 0 Å². The Bertz CT molecular complexity index is 201. The van der Waals surface area contributed by atoms with Crippen LogP contribution in [0.3, 0.4) is 0 Å². The maximum Gasteiger partial charge on any atom is 0.174 e. The van der Waals surface area contributed by atoms with E-state index in [2.05, 4.69) is 22.4 Å². The summed E-state index contributed by atoms with van der Waals surface area (Å²) in [6.07, 6.45) is 2.53. The molecule has 1 aromatic rings. The zero-order valence-corrected chi connectivity index (χ0v) is 9.46. The van der Waals surface area contributed by atoms with Crippen LogP contribution in [0.25, 0.3) is 0 Å². The van der Waals surface area contributed by atoms with Gasteiger partial charge in [0.05, 0.1) is 0 Å². The maximum atomic E-state index is 3.95. The van der Waals surface area contributed by atoms with E-state index in [4.69, 9.17) is 0 Å². The van der Waals surface area contributed by atoms with Gasteiger partial charge in [-0.1, -0.05) is 36.4 Å². The van der Waals surface area contributed by atoms with Crippen LogP contribution in [0, 0.1) is 0 Å². The van der Waals surface area contributed by atoms with Gasteiger partial charge in [-0.05, 0) is 13.0 Å². The van der Waals surface area contributed by atoms with Crippen LogP contribution >= 0.6 is 23.1 Å². The molecule has 0 aromatic carbocycles. The van der Waals surface area contributed by atoms with Crippen molar-refractivity contribution in [2.75, 3.05) is 18.8 Å². The Morgan fingerprint density at radius 3 is 3.15 bits per heavy atom. The van der Waals surface area contributed by atoms with Gasteiger partial charge in [-0.25, -0.2) is 0 Å². The van der Waals surface area contributed by atoms with Gasteiger partial charge in [0.1, 0.15) is 5.51 Å². The molecule has 0 amide bonds. The molecule has 1 heterocycles. The topological polar surface area (TPSA) is 37.8 Å². The molecule has 3 nitrogen and oxygen atoms in total. The van der Waals surface area contributed by atoms with Crippen molar-refractivity contribution in [1.29, 1.82) is 0 Å². The minimum Gasteiger partial charge on any atom is -0.316 e. The third-order valence-corrected chi connectivity index (χ3v) is 3.41. The lowest BCUT2D eigenvalue weighted by molar-refractivity contribution is 0.666. The predicted octanol–water partition coefficient (Wildman–Crippen LogP) is 2.02. The molecule has 1 rings (SSSR count). The summed E-state index contributed by atoms with van der Waals surface area (Å²) in [7, 11) is 0. The zero-order valence-electron chi connectivity index (χ0n) is 7.82. The molecule has 0 saturated heterocycles. The summed E-state index contributed by atoms with van der Waals surface area (Å²) in [5.74, 6) is 1.08. The Hall–Kier alpha value is -0.130. The second kappa shape index (κ2) is 7.29. The number of hydrogen-bond acceptors (Lipinski definition) is 5. The molecule has 0 aliphatic heterocycles. The van der Waals surface area contributed by atoms with Gasteiger partial charge in [-0.2, -0.15) is 0 Å². The van der Waals surface area contributed by atoms with E-state index >= 15 is 0 Å². The molecule has 0 spiro atoms. The fourth-order valence-corrected chi connectivity index (χ4v) is 2.32. The summed E-state index contributed by atoms with van der Waals surface area (Å²) in [5, 5.41) is 11.1. The van der Waals surface area contributed by atoms with Gasteiger partial charge in [0.15, 0.2) is 4.34 Å². The predicted molar refractivity (Wildman–Crippen MR) is 58.4 cm³/mol.